The third-order valence-electron chi connectivity index (χ3n) is 2.35. The van der Waals surface area contributed by atoms with Gasteiger partial charge in [0, 0.05) is 28.5 Å². The Hall–Kier alpha value is -1.27. The van der Waals surface area contributed by atoms with Crippen molar-refractivity contribution >= 4 is 45.9 Å². The normalized spacial score (nSPS) is 10.3. The fourth-order valence-corrected chi connectivity index (χ4v) is 2.13. The van der Waals surface area contributed by atoms with Crippen molar-refractivity contribution in [1.29, 1.82) is 0 Å². The van der Waals surface area contributed by atoms with Crippen molar-refractivity contribution in [2.24, 2.45) is 0 Å². The number of thiol groups is 1. The number of nitrogens with zero attached hydrogens (tertiary/aromatic N) is 2. The highest BCUT2D eigenvalue weighted by Crippen LogP contribution is 2.20. The molecule has 19 heavy (non-hydrogen) atoms. The summed E-state index contributed by atoms with van der Waals surface area (Å²) >= 11 is 7.61. The predicted molar refractivity (Wildman–Crippen MR) is 86.5 cm³/mol. The third kappa shape index (κ3) is 4.40. The van der Waals surface area contributed by atoms with Crippen LogP contribution < -0.4 is 10.6 Å². The van der Waals surface area contributed by atoms with E-state index in [9.17, 15) is 0 Å². The van der Waals surface area contributed by atoms with Crippen molar-refractivity contribution in [2.45, 2.75) is 6.92 Å². The van der Waals surface area contributed by atoms with Gasteiger partial charge in [0.15, 0.2) is 0 Å². The first kappa shape index (κ1) is 14.1. The molecule has 1 aromatic heterocycles. The second-order valence-corrected chi connectivity index (χ2v) is 5.33. The van der Waals surface area contributed by atoms with Crippen molar-refractivity contribution < 1.29 is 0 Å². The quantitative estimate of drug-likeness (QED) is 0.728. The Kier molecular flexibility index (Phi) is 5.04. The number of aromatic nitrogens is 2. The monoisotopic (exact) mass is 338 g/mol. The van der Waals surface area contributed by atoms with Gasteiger partial charge < -0.3 is 10.6 Å². The lowest BCUT2D eigenvalue weighted by atomic mass is 10.3. The van der Waals surface area contributed by atoms with Crippen LogP contribution in [0.25, 0.3) is 0 Å². The summed E-state index contributed by atoms with van der Waals surface area (Å²) in [5, 5.41) is 6.46. The molecular weight excluding hydrogens is 324 g/mol. The molecule has 2 aromatic rings. The first-order valence-corrected chi connectivity index (χ1v) is 7.33. The molecule has 0 aliphatic rings. The molecule has 0 unspecified atom stereocenters. The number of hydrogen-bond donors (Lipinski definition) is 3. The van der Waals surface area contributed by atoms with Crippen LogP contribution in [0.2, 0.25) is 0 Å². The van der Waals surface area contributed by atoms with Gasteiger partial charge in [-0.25, -0.2) is 9.97 Å². The first-order valence-electron chi connectivity index (χ1n) is 5.90. The lowest BCUT2D eigenvalue weighted by Gasteiger charge is -2.09. The predicted octanol–water partition coefficient (Wildman–Crippen LogP) is 3.63. The van der Waals surface area contributed by atoms with E-state index in [1.165, 1.54) is 0 Å². The van der Waals surface area contributed by atoms with E-state index in [2.05, 4.69) is 49.2 Å². The number of nitrogens with one attached hydrogen (secondary N) is 2. The van der Waals surface area contributed by atoms with Crippen LogP contribution in [0, 0.1) is 6.92 Å². The molecule has 0 spiro atoms. The van der Waals surface area contributed by atoms with E-state index >= 15 is 0 Å². The molecule has 0 atom stereocenters. The van der Waals surface area contributed by atoms with Crippen LogP contribution in [-0.4, -0.2) is 22.3 Å². The second kappa shape index (κ2) is 6.77. The average Bonchev–Trinajstić information content (AvgIpc) is 2.35. The van der Waals surface area contributed by atoms with Gasteiger partial charge in [-0.05, 0) is 25.1 Å². The lowest BCUT2D eigenvalue weighted by Crippen LogP contribution is -2.07. The fraction of sp³-hybridized carbons (Fsp3) is 0.231. The number of halogens is 1. The number of rotatable bonds is 5. The van der Waals surface area contributed by atoms with Crippen molar-refractivity contribution in [2.75, 3.05) is 22.9 Å². The SMILES string of the molecule is Cc1nc(NCCS)cc(Nc2cccc(Br)c2)n1. The van der Waals surface area contributed by atoms with E-state index in [0.717, 1.165) is 39.9 Å². The van der Waals surface area contributed by atoms with Crippen LogP contribution >= 0.6 is 28.6 Å². The highest BCUT2D eigenvalue weighted by atomic mass is 79.9. The minimum Gasteiger partial charge on any atom is -0.369 e. The van der Waals surface area contributed by atoms with Crippen LogP contribution in [0.4, 0.5) is 17.3 Å². The number of aryl methyl sites for hydroxylation is 1. The highest BCUT2D eigenvalue weighted by Gasteiger charge is 2.02. The number of benzene rings is 1. The Bertz CT molecular complexity index is 562. The van der Waals surface area contributed by atoms with Gasteiger partial charge in [0.25, 0.3) is 0 Å². The summed E-state index contributed by atoms with van der Waals surface area (Å²) in [7, 11) is 0. The smallest absolute Gasteiger partial charge is 0.136 e. The molecule has 0 amide bonds. The van der Waals surface area contributed by atoms with Crippen LogP contribution in [-0.2, 0) is 0 Å². The Labute approximate surface area is 126 Å². The summed E-state index contributed by atoms with van der Waals surface area (Å²) in [6.07, 6.45) is 0. The van der Waals surface area contributed by atoms with E-state index in [-0.39, 0.29) is 0 Å². The summed E-state index contributed by atoms with van der Waals surface area (Å²) in [5.41, 5.74) is 0.979. The third-order valence-corrected chi connectivity index (χ3v) is 3.07. The summed E-state index contributed by atoms with van der Waals surface area (Å²) in [4.78, 5) is 8.70. The van der Waals surface area contributed by atoms with Crippen molar-refractivity contribution in [3.63, 3.8) is 0 Å². The minimum absolute atomic E-state index is 0.724. The summed E-state index contributed by atoms with van der Waals surface area (Å²) in [6.45, 7) is 2.65. The molecule has 0 bridgehead atoms. The maximum atomic E-state index is 4.37. The summed E-state index contributed by atoms with van der Waals surface area (Å²) in [6, 6.07) is 9.83. The van der Waals surface area contributed by atoms with E-state index < -0.39 is 0 Å². The van der Waals surface area contributed by atoms with Gasteiger partial charge in [-0.3, -0.25) is 0 Å². The first-order chi connectivity index (χ1) is 9.17. The Morgan fingerprint density at radius 3 is 2.74 bits per heavy atom. The molecule has 1 aromatic carbocycles. The largest absolute Gasteiger partial charge is 0.369 e. The van der Waals surface area contributed by atoms with Crippen LogP contribution in [0.15, 0.2) is 34.8 Å². The molecule has 100 valence electrons. The highest BCUT2D eigenvalue weighted by molar-refractivity contribution is 9.10. The van der Waals surface area contributed by atoms with Gasteiger partial charge in [0.1, 0.15) is 17.5 Å². The maximum Gasteiger partial charge on any atom is 0.136 e. The standard InChI is InChI=1S/C13H15BrN4S/c1-9-16-12(15-5-6-19)8-13(17-9)18-11-4-2-3-10(14)7-11/h2-4,7-8,19H,5-6H2,1H3,(H2,15,16,17,18). The molecule has 0 saturated heterocycles. The molecule has 2 rings (SSSR count). The molecule has 0 aliphatic heterocycles. The Morgan fingerprint density at radius 1 is 1.21 bits per heavy atom. The summed E-state index contributed by atoms with van der Waals surface area (Å²) in [5.74, 6) is 3.06. The van der Waals surface area contributed by atoms with E-state index in [1.54, 1.807) is 0 Å². The van der Waals surface area contributed by atoms with Gasteiger partial charge in [-0.15, -0.1) is 0 Å². The second-order valence-electron chi connectivity index (χ2n) is 3.97. The Balaban J connectivity index is 2.17. The molecule has 0 saturated carbocycles. The molecule has 0 aliphatic carbocycles. The van der Waals surface area contributed by atoms with Gasteiger partial charge in [0.2, 0.25) is 0 Å². The molecular formula is C13H15BrN4S. The molecule has 0 radical (unpaired) electrons. The van der Waals surface area contributed by atoms with E-state index in [4.69, 9.17) is 0 Å². The molecule has 0 fully saturated rings. The van der Waals surface area contributed by atoms with Gasteiger partial charge >= 0.3 is 0 Å². The van der Waals surface area contributed by atoms with Crippen molar-refractivity contribution in [3.8, 4) is 0 Å². The number of anilines is 3. The minimum atomic E-state index is 0.724. The molecule has 1 heterocycles. The average molecular weight is 339 g/mol. The summed E-state index contributed by atoms with van der Waals surface area (Å²) < 4.78 is 1.02. The van der Waals surface area contributed by atoms with Crippen LogP contribution in [0.1, 0.15) is 5.82 Å². The Morgan fingerprint density at radius 2 is 2.00 bits per heavy atom. The number of hydrogen-bond acceptors (Lipinski definition) is 5. The van der Waals surface area contributed by atoms with Crippen LogP contribution in [0.3, 0.4) is 0 Å². The zero-order valence-electron chi connectivity index (χ0n) is 10.5. The zero-order valence-corrected chi connectivity index (χ0v) is 13.0. The zero-order chi connectivity index (χ0) is 13.7. The molecule has 6 heteroatoms. The molecule has 2 N–H and O–H groups in total. The lowest BCUT2D eigenvalue weighted by molar-refractivity contribution is 1.04. The fourth-order valence-electron chi connectivity index (χ4n) is 1.62. The van der Waals surface area contributed by atoms with E-state index in [0.29, 0.717) is 0 Å². The van der Waals surface area contributed by atoms with Gasteiger partial charge in [0.05, 0.1) is 0 Å². The molecule has 4 nitrogen and oxygen atoms in total. The maximum absolute atomic E-state index is 4.37. The van der Waals surface area contributed by atoms with E-state index in [1.807, 2.05) is 37.3 Å². The van der Waals surface area contributed by atoms with Crippen molar-refractivity contribution in [1.82, 2.24) is 9.97 Å². The van der Waals surface area contributed by atoms with Crippen LogP contribution in [0.5, 0.6) is 0 Å². The van der Waals surface area contributed by atoms with Crippen molar-refractivity contribution in [3.05, 3.63) is 40.6 Å². The van der Waals surface area contributed by atoms with Gasteiger partial charge in [-0.2, -0.15) is 12.6 Å². The van der Waals surface area contributed by atoms with Gasteiger partial charge in [-0.1, -0.05) is 22.0 Å². The topological polar surface area (TPSA) is 49.8 Å².